The van der Waals surface area contributed by atoms with Gasteiger partial charge in [-0.05, 0) is 30.9 Å². The van der Waals surface area contributed by atoms with Crippen molar-refractivity contribution in [2.75, 3.05) is 18.0 Å². The van der Waals surface area contributed by atoms with Crippen LogP contribution in [0.5, 0.6) is 0 Å². The lowest BCUT2D eigenvalue weighted by atomic mass is 9.81. The molecule has 1 aromatic carbocycles. The number of carbonyl (C=O) groups is 1. The van der Waals surface area contributed by atoms with E-state index in [1.54, 1.807) is 11.0 Å². The fourth-order valence-corrected chi connectivity index (χ4v) is 3.83. The summed E-state index contributed by atoms with van der Waals surface area (Å²) in [6.45, 7) is 0.804. The molecule has 7 nitrogen and oxygen atoms in total. The number of hydrogen-bond acceptors (Lipinski definition) is 5. The lowest BCUT2D eigenvalue weighted by molar-refractivity contribution is -0.384. The third-order valence-corrected chi connectivity index (χ3v) is 4.94. The molecule has 1 heterocycles. The number of carboxylic acid groups (broad SMARTS) is 1. The largest absolute Gasteiger partial charge is 0.481 e. The average Bonchev–Trinajstić information content (AvgIpc) is 3.04. The highest BCUT2D eigenvalue weighted by molar-refractivity contribution is 5.79. The number of carboxylic acids is 1. The van der Waals surface area contributed by atoms with Gasteiger partial charge in [0.1, 0.15) is 5.69 Å². The summed E-state index contributed by atoms with van der Waals surface area (Å²) in [6.07, 6.45) is 2.35. The molecular weight excluding hydrogens is 286 g/mol. The Morgan fingerprint density at radius 2 is 2.32 bits per heavy atom. The summed E-state index contributed by atoms with van der Waals surface area (Å²) >= 11 is 0. The Balaban J connectivity index is 1.99. The van der Waals surface area contributed by atoms with E-state index in [1.165, 1.54) is 12.1 Å². The van der Waals surface area contributed by atoms with Crippen LogP contribution in [0.15, 0.2) is 18.2 Å². The van der Waals surface area contributed by atoms with Gasteiger partial charge in [-0.2, -0.15) is 5.26 Å². The second-order valence-corrected chi connectivity index (χ2v) is 6.00. The van der Waals surface area contributed by atoms with Crippen molar-refractivity contribution in [2.45, 2.75) is 19.3 Å². The minimum atomic E-state index is -0.811. The molecule has 114 valence electrons. The second kappa shape index (κ2) is 4.98. The molecule has 1 saturated heterocycles. The third kappa shape index (κ3) is 1.99. The summed E-state index contributed by atoms with van der Waals surface area (Å²) in [7, 11) is 0. The van der Waals surface area contributed by atoms with E-state index in [0.29, 0.717) is 25.2 Å². The summed E-state index contributed by atoms with van der Waals surface area (Å²) in [5.74, 6) is -0.783. The van der Waals surface area contributed by atoms with Gasteiger partial charge in [0.05, 0.1) is 22.0 Å². The maximum Gasteiger partial charge on any atom is 0.311 e. The monoisotopic (exact) mass is 301 g/mol. The summed E-state index contributed by atoms with van der Waals surface area (Å²) < 4.78 is 0. The summed E-state index contributed by atoms with van der Waals surface area (Å²) in [5.41, 5.74) is -0.303. The first-order valence-electron chi connectivity index (χ1n) is 7.15. The van der Waals surface area contributed by atoms with Crippen LogP contribution in [0, 0.1) is 32.8 Å². The smallest absolute Gasteiger partial charge is 0.311 e. The first-order valence-corrected chi connectivity index (χ1v) is 7.15. The number of benzene rings is 1. The number of hydrogen-bond donors (Lipinski definition) is 1. The Labute approximate surface area is 126 Å². The van der Waals surface area contributed by atoms with E-state index in [0.717, 1.165) is 12.8 Å². The molecule has 0 aromatic heterocycles. The first-order chi connectivity index (χ1) is 10.5. The SMILES string of the molecule is N#Cc1ccc(N2C[C@@H]3CCC[C@@]3(C(=O)O)C2)c([N+](=O)[O-])c1. The van der Waals surface area contributed by atoms with Gasteiger partial charge in [0, 0.05) is 19.2 Å². The van der Waals surface area contributed by atoms with Crippen molar-refractivity contribution >= 4 is 17.3 Å². The van der Waals surface area contributed by atoms with Crippen molar-refractivity contribution < 1.29 is 14.8 Å². The van der Waals surface area contributed by atoms with Gasteiger partial charge in [0.25, 0.3) is 5.69 Å². The van der Waals surface area contributed by atoms with Crippen molar-refractivity contribution in [1.82, 2.24) is 0 Å². The van der Waals surface area contributed by atoms with E-state index in [-0.39, 0.29) is 17.2 Å². The number of nitrogens with zero attached hydrogens (tertiary/aromatic N) is 3. The van der Waals surface area contributed by atoms with Gasteiger partial charge in [-0.1, -0.05) is 6.42 Å². The summed E-state index contributed by atoms with van der Waals surface area (Å²) in [6, 6.07) is 6.22. The molecule has 0 bridgehead atoms. The second-order valence-electron chi connectivity index (χ2n) is 6.00. The quantitative estimate of drug-likeness (QED) is 0.677. The maximum absolute atomic E-state index is 11.7. The van der Waals surface area contributed by atoms with Crippen LogP contribution >= 0.6 is 0 Å². The minimum absolute atomic E-state index is 0.0280. The highest BCUT2D eigenvalue weighted by Gasteiger charge is 2.55. The molecular formula is C15H15N3O4. The lowest BCUT2D eigenvalue weighted by Crippen LogP contribution is -2.35. The molecule has 22 heavy (non-hydrogen) atoms. The van der Waals surface area contributed by atoms with E-state index in [4.69, 9.17) is 5.26 Å². The Morgan fingerprint density at radius 3 is 2.91 bits per heavy atom. The van der Waals surface area contributed by atoms with Gasteiger partial charge in [0.2, 0.25) is 0 Å². The van der Waals surface area contributed by atoms with E-state index in [1.807, 2.05) is 6.07 Å². The van der Waals surface area contributed by atoms with Crippen LogP contribution in [0.3, 0.4) is 0 Å². The van der Waals surface area contributed by atoms with Crippen LogP contribution < -0.4 is 4.90 Å². The Bertz CT molecular complexity index is 697. The predicted octanol–water partition coefficient (Wildman–Crippen LogP) is 2.16. The molecule has 0 spiro atoms. The van der Waals surface area contributed by atoms with Crippen molar-refractivity contribution in [3.8, 4) is 6.07 Å². The standard InChI is InChI=1S/C15H15N3O4/c16-7-10-3-4-12(13(6-10)18(21)22)17-8-11-2-1-5-15(11,9-17)14(19)20/h3-4,6,11H,1-2,5,8-9H2,(H,19,20)/t11-,15+/m0/s1. The number of nitro groups is 1. The molecule has 1 aliphatic heterocycles. The number of anilines is 1. The van der Waals surface area contributed by atoms with Crippen LogP contribution in [0.4, 0.5) is 11.4 Å². The Hall–Kier alpha value is -2.62. The molecule has 1 aromatic rings. The highest BCUT2D eigenvalue weighted by atomic mass is 16.6. The molecule has 1 saturated carbocycles. The van der Waals surface area contributed by atoms with Gasteiger partial charge >= 0.3 is 5.97 Å². The molecule has 3 rings (SSSR count). The predicted molar refractivity (Wildman–Crippen MR) is 77.4 cm³/mol. The summed E-state index contributed by atoms with van der Waals surface area (Å²) in [5, 5.41) is 29.7. The van der Waals surface area contributed by atoms with Gasteiger partial charge in [-0.25, -0.2) is 0 Å². The van der Waals surface area contributed by atoms with Gasteiger partial charge in [0.15, 0.2) is 0 Å². The van der Waals surface area contributed by atoms with Crippen LogP contribution in [0.2, 0.25) is 0 Å². The molecule has 1 aliphatic carbocycles. The average molecular weight is 301 g/mol. The van der Waals surface area contributed by atoms with Crippen molar-refractivity contribution in [1.29, 1.82) is 5.26 Å². The van der Waals surface area contributed by atoms with Crippen molar-refractivity contribution in [2.24, 2.45) is 11.3 Å². The van der Waals surface area contributed by atoms with Crippen LogP contribution in [0.1, 0.15) is 24.8 Å². The molecule has 0 unspecified atom stereocenters. The molecule has 2 fully saturated rings. The Kier molecular flexibility index (Phi) is 3.24. The van der Waals surface area contributed by atoms with E-state index < -0.39 is 16.3 Å². The highest BCUT2D eigenvalue weighted by Crippen LogP contribution is 2.50. The van der Waals surface area contributed by atoms with E-state index in [9.17, 15) is 20.0 Å². The lowest BCUT2D eigenvalue weighted by Gasteiger charge is -2.24. The van der Waals surface area contributed by atoms with Crippen LogP contribution in [-0.4, -0.2) is 29.1 Å². The fraction of sp³-hybridized carbons (Fsp3) is 0.467. The zero-order valence-electron chi connectivity index (χ0n) is 11.9. The number of fused-ring (bicyclic) bond motifs is 1. The molecule has 1 N–H and O–H groups in total. The topological polar surface area (TPSA) is 107 Å². The molecule has 0 radical (unpaired) electrons. The molecule has 7 heteroatoms. The van der Waals surface area contributed by atoms with E-state index >= 15 is 0 Å². The van der Waals surface area contributed by atoms with Crippen LogP contribution in [-0.2, 0) is 4.79 Å². The zero-order chi connectivity index (χ0) is 15.9. The van der Waals surface area contributed by atoms with E-state index in [2.05, 4.69) is 0 Å². The first kappa shape index (κ1) is 14.3. The van der Waals surface area contributed by atoms with Gasteiger partial charge in [-0.15, -0.1) is 0 Å². The Morgan fingerprint density at radius 1 is 1.55 bits per heavy atom. The van der Waals surface area contributed by atoms with Gasteiger partial charge < -0.3 is 10.0 Å². The summed E-state index contributed by atoms with van der Waals surface area (Å²) in [4.78, 5) is 24.2. The number of rotatable bonds is 3. The van der Waals surface area contributed by atoms with Gasteiger partial charge in [-0.3, -0.25) is 14.9 Å². The third-order valence-electron chi connectivity index (χ3n) is 4.94. The molecule has 2 aliphatic rings. The normalized spacial score (nSPS) is 26.5. The zero-order valence-corrected chi connectivity index (χ0v) is 11.9. The fourth-order valence-electron chi connectivity index (χ4n) is 3.83. The number of nitriles is 1. The maximum atomic E-state index is 11.7. The molecule has 0 amide bonds. The van der Waals surface area contributed by atoms with Crippen molar-refractivity contribution in [3.05, 3.63) is 33.9 Å². The number of nitro benzene ring substituents is 1. The number of aliphatic carboxylic acids is 1. The van der Waals surface area contributed by atoms with Crippen LogP contribution in [0.25, 0.3) is 0 Å². The molecule has 2 atom stereocenters. The van der Waals surface area contributed by atoms with Crippen molar-refractivity contribution in [3.63, 3.8) is 0 Å². The minimum Gasteiger partial charge on any atom is -0.481 e.